The van der Waals surface area contributed by atoms with Gasteiger partial charge in [0.05, 0.1) is 6.17 Å². The number of hydrogen-bond acceptors (Lipinski definition) is 5. The first-order chi connectivity index (χ1) is 13.9. The molecule has 1 atom stereocenters. The number of benzene rings is 2. The van der Waals surface area contributed by atoms with E-state index >= 15 is 0 Å². The molecule has 6 heteroatoms. The molecule has 0 bridgehead atoms. The average molecular weight is 432 g/mol. The lowest BCUT2D eigenvalue weighted by Crippen LogP contribution is -2.55. The first-order valence-corrected chi connectivity index (χ1v) is 12.5. The van der Waals surface area contributed by atoms with Crippen LogP contribution in [-0.4, -0.2) is 45.9 Å². The lowest BCUT2D eigenvalue weighted by Gasteiger charge is -2.50. The molecule has 0 aromatic heterocycles. The fraction of sp³-hybridized carbons (Fsp3) is 0.478. The molecule has 2 heterocycles. The largest absolute Gasteiger partial charge is 0.361 e. The van der Waals surface area contributed by atoms with Crippen LogP contribution in [-0.2, 0) is 13.0 Å². The molecule has 0 radical (unpaired) electrons. The Balaban J connectivity index is 1.75. The van der Waals surface area contributed by atoms with E-state index < -0.39 is 0 Å². The summed E-state index contributed by atoms with van der Waals surface area (Å²) in [7, 11) is 0. The highest BCUT2D eigenvalue weighted by molar-refractivity contribution is 7.97. The van der Waals surface area contributed by atoms with E-state index in [1.807, 2.05) is 30.0 Å². The topological polar surface area (TPSA) is 9.72 Å². The van der Waals surface area contributed by atoms with Crippen molar-refractivity contribution in [1.29, 1.82) is 0 Å². The van der Waals surface area contributed by atoms with Crippen molar-refractivity contribution < 1.29 is 4.39 Å². The van der Waals surface area contributed by atoms with Crippen molar-refractivity contribution in [2.45, 2.75) is 44.9 Å². The average Bonchev–Trinajstić information content (AvgIpc) is 3.09. The van der Waals surface area contributed by atoms with Crippen molar-refractivity contribution in [3.8, 4) is 0 Å². The molecule has 2 aromatic carbocycles. The number of halogens is 1. The molecule has 3 nitrogen and oxygen atoms in total. The summed E-state index contributed by atoms with van der Waals surface area (Å²) >= 11 is 3.67. The highest BCUT2D eigenvalue weighted by Gasteiger charge is 2.43. The number of rotatable bonds is 5. The summed E-state index contributed by atoms with van der Waals surface area (Å²) in [6.45, 7) is 7.54. The third kappa shape index (κ3) is 4.05. The highest BCUT2D eigenvalue weighted by Crippen LogP contribution is 2.42. The van der Waals surface area contributed by atoms with E-state index in [9.17, 15) is 4.39 Å². The lowest BCUT2D eigenvalue weighted by atomic mass is 9.80. The molecule has 1 saturated heterocycles. The van der Waals surface area contributed by atoms with Gasteiger partial charge in [-0.1, -0.05) is 48.2 Å². The van der Waals surface area contributed by atoms with Crippen molar-refractivity contribution >= 4 is 29.6 Å². The van der Waals surface area contributed by atoms with Gasteiger partial charge < -0.3 is 4.90 Å². The van der Waals surface area contributed by atoms with Gasteiger partial charge in [0.25, 0.3) is 0 Å². The lowest BCUT2D eigenvalue weighted by molar-refractivity contribution is 0.227. The predicted octanol–water partition coefficient (Wildman–Crippen LogP) is 5.35. The van der Waals surface area contributed by atoms with Crippen LogP contribution in [0.2, 0.25) is 0 Å². The summed E-state index contributed by atoms with van der Waals surface area (Å²) in [6, 6.07) is 14.0. The van der Waals surface area contributed by atoms with Gasteiger partial charge in [-0.2, -0.15) is 0 Å². The Kier molecular flexibility index (Phi) is 6.17. The van der Waals surface area contributed by atoms with Crippen molar-refractivity contribution in [1.82, 2.24) is 8.61 Å². The third-order valence-electron chi connectivity index (χ3n) is 6.42. The van der Waals surface area contributed by atoms with Crippen molar-refractivity contribution in [3.63, 3.8) is 0 Å². The molecule has 0 saturated carbocycles. The Hall–Kier alpha value is -1.21. The van der Waals surface area contributed by atoms with Gasteiger partial charge in [0.2, 0.25) is 0 Å². The van der Waals surface area contributed by atoms with Gasteiger partial charge in [-0.05, 0) is 67.7 Å². The van der Waals surface area contributed by atoms with Crippen LogP contribution >= 0.6 is 23.9 Å². The zero-order chi connectivity index (χ0) is 20.6. The number of anilines is 1. The molecular weight excluding hydrogens is 401 g/mol. The second-order valence-electron chi connectivity index (χ2n) is 8.29. The fourth-order valence-electron chi connectivity index (χ4n) is 4.87. The minimum absolute atomic E-state index is 0.0934. The molecule has 2 aliphatic heterocycles. The van der Waals surface area contributed by atoms with E-state index in [0.717, 1.165) is 38.0 Å². The predicted molar refractivity (Wildman–Crippen MR) is 125 cm³/mol. The number of nitrogens with zero attached hydrogens (tertiary/aromatic N) is 3. The molecule has 29 heavy (non-hydrogen) atoms. The van der Waals surface area contributed by atoms with Crippen LogP contribution in [0.15, 0.2) is 42.5 Å². The molecular formula is C23H30FN3S2. The Labute approximate surface area is 182 Å². The zero-order valence-corrected chi connectivity index (χ0v) is 19.3. The second kappa shape index (κ2) is 8.50. The van der Waals surface area contributed by atoms with E-state index in [4.69, 9.17) is 0 Å². The first kappa shape index (κ1) is 21.0. The molecule has 4 rings (SSSR count). The van der Waals surface area contributed by atoms with Gasteiger partial charge in [-0.3, -0.25) is 0 Å². The molecule has 0 amide bonds. The van der Waals surface area contributed by atoms with E-state index in [1.54, 1.807) is 12.1 Å². The summed E-state index contributed by atoms with van der Waals surface area (Å²) < 4.78 is 19.0. The minimum atomic E-state index is -0.132. The third-order valence-corrected chi connectivity index (χ3v) is 8.21. The number of aryl methyl sites for hydroxylation is 1. The van der Waals surface area contributed by atoms with Gasteiger partial charge in [0.1, 0.15) is 5.82 Å². The Morgan fingerprint density at radius 1 is 1.03 bits per heavy atom. The van der Waals surface area contributed by atoms with Crippen LogP contribution in [0.3, 0.4) is 0 Å². The number of hydrogen-bond donors (Lipinski definition) is 0. The maximum absolute atomic E-state index is 14.0. The zero-order valence-electron chi connectivity index (χ0n) is 17.7. The summed E-state index contributed by atoms with van der Waals surface area (Å²) in [5.74, 6) is -0.132. The van der Waals surface area contributed by atoms with Crippen molar-refractivity contribution in [2.24, 2.45) is 0 Å². The van der Waals surface area contributed by atoms with Gasteiger partial charge >= 0.3 is 0 Å². The molecule has 1 unspecified atom stereocenters. The first-order valence-electron chi connectivity index (χ1n) is 10.2. The molecule has 1 fully saturated rings. The van der Waals surface area contributed by atoms with Crippen LogP contribution in [0.1, 0.15) is 30.0 Å². The standard InChI is InChI=1S/C23H30FN3S2/c1-17-7-5-6-8-21(17)25-16-18-9-10-20(24)13-19(18)14-23(25,2)15-22-26(28-3)11-12-27(22)29-4/h5-10,13,22H,11-12,14-16H2,1-4H3. The van der Waals surface area contributed by atoms with Gasteiger partial charge in [-0.25, -0.2) is 13.0 Å². The van der Waals surface area contributed by atoms with Gasteiger partial charge in [-0.15, -0.1) is 0 Å². The van der Waals surface area contributed by atoms with Crippen LogP contribution < -0.4 is 4.90 Å². The summed E-state index contributed by atoms with van der Waals surface area (Å²) in [6.07, 6.45) is 6.58. The normalized spacial score (nSPS) is 23.6. The van der Waals surface area contributed by atoms with Crippen LogP contribution in [0.25, 0.3) is 0 Å². The number of para-hydroxylation sites is 1. The van der Waals surface area contributed by atoms with Crippen molar-refractivity contribution in [2.75, 3.05) is 30.5 Å². The molecule has 2 aromatic rings. The second-order valence-corrected chi connectivity index (χ2v) is 9.96. The SMILES string of the molecule is CSN1CCN(SC)C1CC1(C)Cc2cc(F)ccc2CN1c1ccccc1C. The maximum atomic E-state index is 14.0. The summed E-state index contributed by atoms with van der Waals surface area (Å²) in [5.41, 5.74) is 4.88. The van der Waals surface area contributed by atoms with E-state index in [0.29, 0.717) is 6.17 Å². The fourth-order valence-corrected chi connectivity index (χ4v) is 6.32. The van der Waals surface area contributed by atoms with E-state index in [1.165, 1.54) is 16.8 Å². The minimum Gasteiger partial charge on any atom is -0.361 e. The Morgan fingerprint density at radius 2 is 1.72 bits per heavy atom. The number of fused-ring (bicyclic) bond motifs is 1. The van der Waals surface area contributed by atoms with Crippen LogP contribution in [0, 0.1) is 12.7 Å². The van der Waals surface area contributed by atoms with Crippen LogP contribution in [0.4, 0.5) is 10.1 Å². The molecule has 156 valence electrons. The van der Waals surface area contributed by atoms with Crippen molar-refractivity contribution in [3.05, 3.63) is 65.0 Å². The van der Waals surface area contributed by atoms with E-state index in [2.05, 4.69) is 64.1 Å². The molecule has 0 spiro atoms. The van der Waals surface area contributed by atoms with Gasteiger partial charge in [0.15, 0.2) is 0 Å². The quantitative estimate of drug-likeness (QED) is 0.589. The summed E-state index contributed by atoms with van der Waals surface area (Å²) in [5, 5.41) is 0. The Bertz CT molecular complexity index is 865. The molecule has 0 aliphatic carbocycles. The smallest absolute Gasteiger partial charge is 0.123 e. The summed E-state index contributed by atoms with van der Waals surface area (Å²) in [4.78, 5) is 2.57. The monoisotopic (exact) mass is 431 g/mol. The maximum Gasteiger partial charge on any atom is 0.123 e. The Morgan fingerprint density at radius 3 is 2.38 bits per heavy atom. The highest BCUT2D eigenvalue weighted by atomic mass is 32.2. The van der Waals surface area contributed by atoms with Gasteiger partial charge in [0, 0.05) is 37.3 Å². The molecule has 0 N–H and O–H groups in total. The van der Waals surface area contributed by atoms with Crippen LogP contribution in [0.5, 0.6) is 0 Å². The molecule has 2 aliphatic rings. The van der Waals surface area contributed by atoms with E-state index in [-0.39, 0.29) is 11.4 Å².